The Kier molecular flexibility index (Phi) is 4.57. The fourth-order valence-electron chi connectivity index (χ4n) is 3.42. The number of fused-ring (bicyclic) bond motifs is 1. The highest BCUT2D eigenvalue weighted by Crippen LogP contribution is 2.23. The molecule has 0 unspecified atom stereocenters. The van der Waals surface area contributed by atoms with Crippen LogP contribution in [0.25, 0.3) is 11.0 Å². The lowest BCUT2D eigenvalue weighted by atomic mass is 9.97. The van der Waals surface area contributed by atoms with Crippen molar-refractivity contribution < 1.29 is 5.11 Å². The van der Waals surface area contributed by atoms with E-state index in [1.54, 1.807) is 0 Å². The van der Waals surface area contributed by atoms with E-state index in [9.17, 15) is 5.11 Å². The third-order valence-electron chi connectivity index (χ3n) is 5.02. The van der Waals surface area contributed by atoms with Crippen LogP contribution >= 0.6 is 0 Å². The van der Waals surface area contributed by atoms with E-state index in [0.29, 0.717) is 12.5 Å². The molecule has 130 valence electrons. The van der Waals surface area contributed by atoms with Gasteiger partial charge in [0.15, 0.2) is 0 Å². The number of aromatic nitrogens is 2. The van der Waals surface area contributed by atoms with Crippen LogP contribution in [0.5, 0.6) is 0 Å². The zero-order chi connectivity index (χ0) is 17.1. The molecular formula is C20H24N4O. The Balaban J connectivity index is 1.36. The Labute approximate surface area is 147 Å². The summed E-state index contributed by atoms with van der Waals surface area (Å²) < 4.78 is 0. The first-order chi connectivity index (χ1) is 12.3. The molecule has 5 heteroatoms. The number of H-pyrrole nitrogens is 1. The number of hydrogen-bond acceptors (Lipinski definition) is 4. The number of anilines is 2. The molecule has 0 atom stereocenters. The summed E-state index contributed by atoms with van der Waals surface area (Å²) in [7, 11) is 0. The van der Waals surface area contributed by atoms with Crippen molar-refractivity contribution in [1.29, 1.82) is 0 Å². The van der Waals surface area contributed by atoms with Gasteiger partial charge in [-0.25, -0.2) is 4.98 Å². The average Bonchev–Trinajstić information content (AvgIpc) is 3.10. The van der Waals surface area contributed by atoms with Crippen LogP contribution in [0.1, 0.15) is 18.4 Å². The smallest absolute Gasteiger partial charge is 0.201 e. The van der Waals surface area contributed by atoms with E-state index in [1.165, 1.54) is 11.3 Å². The van der Waals surface area contributed by atoms with Gasteiger partial charge in [0, 0.05) is 31.9 Å². The standard InChI is InChI=1S/C20H24N4O/c25-14-16-9-11-24(12-10-16)17-7-5-15(6-8-17)13-21-20-22-18-3-1-2-4-19(18)23-20/h1-8,16,25H,9-14H2,(H2,21,22,23). The van der Waals surface area contributed by atoms with Gasteiger partial charge in [0.2, 0.25) is 5.95 Å². The Hall–Kier alpha value is -2.53. The van der Waals surface area contributed by atoms with Crippen LogP contribution in [0.4, 0.5) is 11.6 Å². The minimum Gasteiger partial charge on any atom is -0.396 e. The van der Waals surface area contributed by atoms with Crippen LogP contribution in [0.3, 0.4) is 0 Å². The molecule has 1 aromatic heterocycles. The zero-order valence-electron chi connectivity index (χ0n) is 14.3. The summed E-state index contributed by atoms with van der Waals surface area (Å²) in [6.07, 6.45) is 2.15. The predicted molar refractivity (Wildman–Crippen MR) is 102 cm³/mol. The lowest BCUT2D eigenvalue weighted by Crippen LogP contribution is -2.34. The second kappa shape index (κ2) is 7.15. The number of imidazole rings is 1. The largest absolute Gasteiger partial charge is 0.396 e. The quantitative estimate of drug-likeness (QED) is 0.668. The number of piperidine rings is 1. The second-order valence-corrected chi connectivity index (χ2v) is 6.74. The van der Waals surface area contributed by atoms with Crippen LogP contribution in [0, 0.1) is 5.92 Å². The summed E-state index contributed by atoms with van der Waals surface area (Å²) >= 11 is 0. The molecule has 25 heavy (non-hydrogen) atoms. The number of aliphatic hydroxyl groups is 1. The zero-order valence-corrected chi connectivity index (χ0v) is 14.3. The highest BCUT2D eigenvalue weighted by atomic mass is 16.3. The molecule has 2 heterocycles. The van der Waals surface area contributed by atoms with Crippen molar-refractivity contribution >= 4 is 22.7 Å². The van der Waals surface area contributed by atoms with E-state index < -0.39 is 0 Å². The first kappa shape index (κ1) is 16.0. The maximum Gasteiger partial charge on any atom is 0.201 e. The maximum absolute atomic E-state index is 9.25. The van der Waals surface area contributed by atoms with Gasteiger partial charge >= 0.3 is 0 Å². The number of aromatic amines is 1. The number of rotatable bonds is 5. The van der Waals surface area contributed by atoms with Crippen molar-refractivity contribution in [2.45, 2.75) is 19.4 Å². The molecule has 0 saturated carbocycles. The first-order valence-electron chi connectivity index (χ1n) is 8.95. The van der Waals surface area contributed by atoms with Crippen molar-refractivity contribution in [1.82, 2.24) is 9.97 Å². The van der Waals surface area contributed by atoms with Crippen molar-refractivity contribution in [3.8, 4) is 0 Å². The van der Waals surface area contributed by atoms with Gasteiger partial charge in [0.25, 0.3) is 0 Å². The van der Waals surface area contributed by atoms with E-state index in [-0.39, 0.29) is 0 Å². The Morgan fingerprint density at radius 3 is 2.56 bits per heavy atom. The van der Waals surface area contributed by atoms with Crippen molar-refractivity contribution in [2.75, 3.05) is 29.9 Å². The van der Waals surface area contributed by atoms with Crippen molar-refractivity contribution in [3.63, 3.8) is 0 Å². The molecule has 0 radical (unpaired) electrons. The Morgan fingerprint density at radius 1 is 1.08 bits per heavy atom. The summed E-state index contributed by atoms with van der Waals surface area (Å²) in [6, 6.07) is 16.8. The minimum atomic E-state index is 0.320. The topological polar surface area (TPSA) is 64.2 Å². The van der Waals surface area contributed by atoms with Crippen LogP contribution < -0.4 is 10.2 Å². The predicted octanol–water partition coefficient (Wildman–Crippen LogP) is 3.38. The van der Waals surface area contributed by atoms with Gasteiger partial charge in [0.05, 0.1) is 11.0 Å². The van der Waals surface area contributed by atoms with Gasteiger partial charge in [-0.05, 0) is 48.6 Å². The van der Waals surface area contributed by atoms with Gasteiger partial charge < -0.3 is 20.3 Å². The van der Waals surface area contributed by atoms with Crippen LogP contribution in [-0.2, 0) is 6.54 Å². The SMILES string of the molecule is OCC1CCN(c2ccc(CNc3nc4ccccc4[nH]3)cc2)CC1. The van der Waals surface area contributed by atoms with Crippen LogP contribution in [0.2, 0.25) is 0 Å². The van der Waals surface area contributed by atoms with E-state index in [0.717, 1.165) is 49.5 Å². The van der Waals surface area contributed by atoms with Gasteiger partial charge in [-0.3, -0.25) is 0 Å². The van der Waals surface area contributed by atoms with Gasteiger partial charge in [-0.2, -0.15) is 0 Å². The minimum absolute atomic E-state index is 0.320. The molecule has 1 aliphatic rings. The lowest BCUT2D eigenvalue weighted by molar-refractivity contribution is 0.203. The molecule has 1 aliphatic heterocycles. The Morgan fingerprint density at radius 2 is 1.84 bits per heavy atom. The molecule has 0 amide bonds. The number of nitrogens with zero attached hydrogens (tertiary/aromatic N) is 2. The number of benzene rings is 2. The van der Waals surface area contributed by atoms with Crippen LogP contribution in [0.15, 0.2) is 48.5 Å². The van der Waals surface area contributed by atoms with E-state index in [4.69, 9.17) is 0 Å². The molecule has 2 aromatic carbocycles. The number of aliphatic hydroxyl groups excluding tert-OH is 1. The monoisotopic (exact) mass is 336 g/mol. The molecule has 0 spiro atoms. The lowest BCUT2D eigenvalue weighted by Gasteiger charge is -2.33. The van der Waals surface area contributed by atoms with Gasteiger partial charge in [-0.15, -0.1) is 0 Å². The van der Waals surface area contributed by atoms with Gasteiger partial charge in [0.1, 0.15) is 0 Å². The molecule has 5 nitrogen and oxygen atoms in total. The fraction of sp³-hybridized carbons (Fsp3) is 0.350. The summed E-state index contributed by atoms with van der Waals surface area (Å²) in [5.74, 6) is 1.28. The van der Waals surface area contributed by atoms with E-state index >= 15 is 0 Å². The molecule has 1 fully saturated rings. The summed E-state index contributed by atoms with van der Waals surface area (Å²) in [5, 5.41) is 12.6. The summed E-state index contributed by atoms with van der Waals surface area (Å²) in [5.41, 5.74) is 4.52. The summed E-state index contributed by atoms with van der Waals surface area (Å²) in [6.45, 7) is 3.12. The van der Waals surface area contributed by atoms with E-state index in [1.807, 2.05) is 24.3 Å². The average molecular weight is 336 g/mol. The van der Waals surface area contributed by atoms with Crippen LogP contribution in [-0.4, -0.2) is 34.8 Å². The molecule has 1 saturated heterocycles. The Bertz CT molecular complexity index is 786. The molecule has 4 rings (SSSR count). The molecular weight excluding hydrogens is 312 g/mol. The highest BCUT2D eigenvalue weighted by Gasteiger charge is 2.18. The van der Waals surface area contributed by atoms with E-state index in [2.05, 4.69) is 44.5 Å². The number of nitrogens with one attached hydrogen (secondary N) is 2. The maximum atomic E-state index is 9.25. The number of para-hydroxylation sites is 2. The molecule has 0 aliphatic carbocycles. The normalized spacial score (nSPS) is 15.6. The number of hydrogen-bond donors (Lipinski definition) is 3. The molecule has 0 bridgehead atoms. The summed E-state index contributed by atoms with van der Waals surface area (Å²) in [4.78, 5) is 10.2. The highest BCUT2D eigenvalue weighted by molar-refractivity contribution is 5.77. The molecule has 3 N–H and O–H groups in total. The third-order valence-corrected chi connectivity index (χ3v) is 5.02. The third kappa shape index (κ3) is 3.61. The second-order valence-electron chi connectivity index (χ2n) is 6.74. The van der Waals surface area contributed by atoms with Crippen molar-refractivity contribution in [2.24, 2.45) is 5.92 Å². The first-order valence-corrected chi connectivity index (χ1v) is 8.95. The molecule has 3 aromatic rings. The van der Waals surface area contributed by atoms with Crippen molar-refractivity contribution in [3.05, 3.63) is 54.1 Å². The fourth-order valence-corrected chi connectivity index (χ4v) is 3.42. The van der Waals surface area contributed by atoms with Gasteiger partial charge in [-0.1, -0.05) is 24.3 Å².